The van der Waals surface area contributed by atoms with Crippen LogP contribution < -0.4 is 10.7 Å². The number of aromatic nitrogens is 1. The minimum atomic E-state index is -0.465. The average molecular weight is 448 g/mol. The highest BCUT2D eigenvalue weighted by atomic mass is 16.2. The number of pyridine rings is 1. The molecule has 0 spiro atoms. The lowest BCUT2D eigenvalue weighted by Gasteiger charge is -2.39. The summed E-state index contributed by atoms with van der Waals surface area (Å²) in [5.41, 5.74) is 0.978. The van der Waals surface area contributed by atoms with Gasteiger partial charge in [-0.1, -0.05) is 51.1 Å². The normalized spacial score (nSPS) is 25.7. The molecule has 174 valence electrons. The Morgan fingerprint density at radius 2 is 1.73 bits per heavy atom. The summed E-state index contributed by atoms with van der Waals surface area (Å²) in [6.07, 6.45) is 8.09. The van der Waals surface area contributed by atoms with Gasteiger partial charge in [-0.15, -0.1) is 0 Å². The second kappa shape index (κ2) is 7.86. The molecule has 6 nitrogen and oxygen atoms in total. The molecule has 5 rings (SSSR count). The molecule has 1 aromatic carbocycles. The smallest absolute Gasteiger partial charge is 0.259 e. The maximum absolute atomic E-state index is 13.8. The van der Waals surface area contributed by atoms with E-state index in [0.717, 1.165) is 37.7 Å². The van der Waals surface area contributed by atoms with E-state index in [2.05, 4.69) is 26.1 Å². The second-order valence-electron chi connectivity index (χ2n) is 11.5. The zero-order valence-electron chi connectivity index (χ0n) is 19.8. The van der Waals surface area contributed by atoms with Gasteiger partial charge in [-0.2, -0.15) is 0 Å². The summed E-state index contributed by atoms with van der Waals surface area (Å²) in [6, 6.07) is 10.1. The van der Waals surface area contributed by atoms with Crippen molar-refractivity contribution in [3.8, 4) is 0 Å². The predicted octanol–water partition coefficient (Wildman–Crippen LogP) is 3.83. The average Bonchev–Trinajstić information content (AvgIpc) is 3.51. The Labute approximate surface area is 195 Å². The van der Waals surface area contributed by atoms with Crippen LogP contribution in [0.3, 0.4) is 0 Å². The number of benzene rings is 1. The van der Waals surface area contributed by atoms with Crippen molar-refractivity contribution < 1.29 is 9.59 Å². The number of carbonyl (C=O) groups excluding carboxylic acids is 2. The Morgan fingerprint density at radius 3 is 2.42 bits per heavy atom. The van der Waals surface area contributed by atoms with Crippen LogP contribution in [0, 0.1) is 10.8 Å². The second-order valence-corrected chi connectivity index (χ2v) is 11.5. The predicted molar refractivity (Wildman–Crippen MR) is 127 cm³/mol. The van der Waals surface area contributed by atoms with E-state index in [9.17, 15) is 14.4 Å². The van der Waals surface area contributed by atoms with Crippen LogP contribution in [0.25, 0.3) is 0 Å². The van der Waals surface area contributed by atoms with Crippen LogP contribution in [0.4, 0.5) is 0 Å². The van der Waals surface area contributed by atoms with Gasteiger partial charge < -0.3 is 14.8 Å². The Hall–Kier alpha value is -2.89. The van der Waals surface area contributed by atoms with E-state index in [1.54, 1.807) is 17.0 Å². The molecule has 1 saturated heterocycles. The van der Waals surface area contributed by atoms with E-state index >= 15 is 0 Å². The summed E-state index contributed by atoms with van der Waals surface area (Å²) in [7, 11) is 0. The van der Waals surface area contributed by atoms with Crippen molar-refractivity contribution in [3.05, 3.63) is 69.6 Å². The summed E-state index contributed by atoms with van der Waals surface area (Å²) >= 11 is 0. The summed E-state index contributed by atoms with van der Waals surface area (Å²) in [4.78, 5) is 41.9. The Balaban J connectivity index is 1.51. The number of hydrogen-bond donors (Lipinski definition) is 1. The quantitative estimate of drug-likeness (QED) is 0.757. The zero-order valence-corrected chi connectivity index (χ0v) is 19.8. The molecule has 2 atom stereocenters. The lowest BCUT2D eigenvalue weighted by atomic mass is 9.65. The Morgan fingerprint density at radius 1 is 1.03 bits per heavy atom. The van der Waals surface area contributed by atoms with Gasteiger partial charge in [-0.3, -0.25) is 14.4 Å². The first kappa shape index (κ1) is 21.9. The van der Waals surface area contributed by atoms with E-state index in [0.29, 0.717) is 13.1 Å². The number of amides is 2. The number of fused-ring (bicyclic) bond motifs is 2. The largest absolute Gasteiger partial charge is 0.349 e. The molecule has 2 heterocycles. The van der Waals surface area contributed by atoms with Crippen LogP contribution in [-0.2, 0) is 6.54 Å². The molecule has 2 aromatic rings. The third-order valence-corrected chi connectivity index (χ3v) is 7.35. The third-order valence-electron chi connectivity index (χ3n) is 7.35. The molecule has 1 N–H and O–H groups in total. The van der Waals surface area contributed by atoms with Crippen LogP contribution in [0.5, 0.6) is 0 Å². The third kappa shape index (κ3) is 4.48. The number of hydrogen-bond acceptors (Lipinski definition) is 3. The van der Waals surface area contributed by atoms with Crippen LogP contribution in [0.2, 0.25) is 0 Å². The number of rotatable bonds is 5. The number of nitrogens with zero attached hydrogens (tertiary/aromatic N) is 2. The zero-order chi connectivity index (χ0) is 23.4. The molecule has 0 radical (unpaired) electrons. The lowest BCUT2D eigenvalue weighted by molar-refractivity contribution is 0.0706. The van der Waals surface area contributed by atoms with Crippen LogP contribution in [-0.4, -0.2) is 39.9 Å². The monoisotopic (exact) mass is 447 g/mol. The van der Waals surface area contributed by atoms with Crippen molar-refractivity contribution >= 4 is 11.8 Å². The maximum Gasteiger partial charge on any atom is 0.259 e. The van der Waals surface area contributed by atoms with Gasteiger partial charge >= 0.3 is 0 Å². The van der Waals surface area contributed by atoms with Gasteiger partial charge in [0.05, 0.1) is 0 Å². The molecule has 2 saturated carbocycles. The van der Waals surface area contributed by atoms with Gasteiger partial charge in [0, 0.05) is 37.6 Å². The van der Waals surface area contributed by atoms with E-state index < -0.39 is 5.43 Å². The van der Waals surface area contributed by atoms with Crippen molar-refractivity contribution in [2.45, 2.75) is 71.5 Å². The van der Waals surface area contributed by atoms with E-state index in [-0.39, 0.29) is 45.9 Å². The topological polar surface area (TPSA) is 71.4 Å². The highest BCUT2D eigenvalue weighted by Crippen LogP contribution is 2.52. The molecule has 3 fully saturated rings. The van der Waals surface area contributed by atoms with Crippen molar-refractivity contribution in [1.29, 1.82) is 0 Å². The van der Waals surface area contributed by atoms with Crippen molar-refractivity contribution in [2.75, 3.05) is 6.54 Å². The molecular formula is C27H33N3O3. The first-order chi connectivity index (χ1) is 15.6. The fraction of sp³-hybridized carbons (Fsp3) is 0.519. The van der Waals surface area contributed by atoms with Crippen LogP contribution in [0.1, 0.15) is 79.2 Å². The Bertz CT molecular complexity index is 1150. The highest BCUT2D eigenvalue weighted by Gasteiger charge is 2.51. The molecule has 1 aromatic heterocycles. The SMILES string of the molecule is CC1(C)CC2CC(C)(CN2C(=O)c2cn(Cc3ccccc3)cc(C(=O)NC3CC3)c2=O)C1. The first-order valence-corrected chi connectivity index (χ1v) is 12.0. The molecular weight excluding hydrogens is 414 g/mol. The summed E-state index contributed by atoms with van der Waals surface area (Å²) in [5.74, 6) is -0.624. The number of likely N-dealkylation sites (tertiary alicyclic amines) is 1. The molecule has 2 amide bonds. The summed E-state index contributed by atoms with van der Waals surface area (Å²) in [6.45, 7) is 7.93. The first-order valence-electron chi connectivity index (χ1n) is 12.0. The van der Waals surface area contributed by atoms with Crippen molar-refractivity contribution in [2.24, 2.45) is 10.8 Å². The molecule has 2 unspecified atom stereocenters. The van der Waals surface area contributed by atoms with E-state index in [1.165, 1.54) is 0 Å². The molecule has 2 aliphatic carbocycles. The van der Waals surface area contributed by atoms with Gasteiger partial charge in [0.15, 0.2) is 0 Å². The Kier molecular flexibility index (Phi) is 5.22. The van der Waals surface area contributed by atoms with E-state index in [4.69, 9.17) is 0 Å². The number of carbonyl (C=O) groups is 2. The lowest BCUT2D eigenvalue weighted by Crippen LogP contribution is -2.41. The van der Waals surface area contributed by atoms with Gasteiger partial charge in [0.2, 0.25) is 5.43 Å². The molecule has 6 heteroatoms. The minimum Gasteiger partial charge on any atom is -0.349 e. The molecule has 1 aliphatic heterocycles. The standard InChI is InChI=1S/C27H33N3O3/c1-26(2)11-20-12-27(3,16-26)17-30(20)25(33)22-15-29(13-18-7-5-4-6-8-18)14-21(23(22)31)24(32)28-19-9-10-19/h4-8,14-15,19-20H,9-13,16-17H2,1-3H3,(H,28,32). The summed E-state index contributed by atoms with van der Waals surface area (Å²) < 4.78 is 1.81. The molecule has 33 heavy (non-hydrogen) atoms. The van der Waals surface area contributed by atoms with Crippen molar-refractivity contribution in [1.82, 2.24) is 14.8 Å². The van der Waals surface area contributed by atoms with Gasteiger partial charge in [-0.25, -0.2) is 0 Å². The highest BCUT2D eigenvalue weighted by molar-refractivity contribution is 5.99. The number of nitrogens with one attached hydrogen (secondary N) is 1. The fourth-order valence-corrected chi connectivity index (χ4v) is 6.17. The van der Waals surface area contributed by atoms with E-state index in [1.807, 2.05) is 35.2 Å². The maximum atomic E-state index is 13.8. The minimum absolute atomic E-state index is 0.0531. The van der Waals surface area contributed by atoms with Gasteiger partial charge in [-0.05, 0) is 48.5 Å². The summed E-state index contributed by atoms with van der Waals surface area (Å²) in [5, 5.41) is 2.91. The van der Waals surface area contributed by atoms with Gasteiger partial charge in [0.1, 0.15) is 11.1 Å². The molecule has 2 bridgehead atoms. The fourth-order valence-electron chi connectivity index (χ4n) is 6.17. The molecule has 3 aliphatic rings. The van der Waals surface area contributed by atoms with Crippen LogP contribution in [0.15, 0.2) is 47.5 Å². The van der Waals surface area contributed by atoms with Crippen LogP contribution >= 0.6 is 0 Å². The van der Waals surface area contributed by atoms with Gasteiger partial charge in [0.25, 0.3) is 11.8 Å². The van der Waals surface area contributed by atoms with Crippen molar-refractivity contribution in [3.63, 3.8) is 0 Å².